The van der Waals surface area contributed by atoms with Crippen LogP contribution < -0.4 is 5.32 Å². The van der Waals surface area contributed by atoms with E-state index in [9.17, 15) is 0 Å². The van der Waals surface area contributed by atoms with Crippen LogP contribution in [0.4, 0.5) is 0 Å². The van der Waals surface area contributed by atoms with Gasteiger partial charge < -0.3 is 15.0 Å². The Morgan fingerprint density at radius 1 is 1.50 bits per heavy atom. The molecule has 1 N–H and O–H groups in total. The summed E-state index contributed by atoms with van der Waals surface area (Å²) in [5, 5.41) is 7.97. The van der Waals surface area contributed by atoms with E-state index in [1.807, 2.05) is 0 Å². The Balaban J connectivity index is 1.77. The van der Waals surface area contributed by atoms with Crippen molar-refractivity contribution in [2.75, 3.05) is 33.4 Å². The zero-order valence-electron chi connectivity index (χ0n) is 11.4. The molecule has 2 rings (SSSR count). The van der Waals surface area contributed by atoms with Crippen LogP contribution in [0, 0.1) is 5.92 Å². The van der Waals surface area contributed by atoms with E-state index in [0.29, 0.717) is 12.0 Å². The molecule has 2 unspecified atom stereocenters. The number of hydrogen-bond acceptors (Lipinski definition) is 4. The van der Waals surface area contributed by atoms with Gasteiger partial charge in [-0.25, -0.2) is 0 Å². The summed E-state index contributed by atoms with van der Waals surface area (Å²) in [6.45, 7) is 7.23. The van der Waals surface area contributed by atoms with E-state index in [-0.39, 0.29) is 0 Å². The Labute approximate surface area is 114 Å². The van der Waals surface area contributed by atoms with E-state index >= 15 is 0 Å². The van der Waals surface area contributed by atoms with Gasteiger partial charge in [-0.3, -0.25) is 0 Å². The van der Waals surface area contributed by atoms with Gasteiger partial charge in [-0.15, -0.1) is 0 Å². The molecule has 1 saturated heterocycles. The van der Waals surface area contributed by atoms with Crippen LogP contribution in [0.25, 0.3) is 0 Å². The Morgan fingerprint density at radius 3 is 3.11 bits per heavy atom. The average Bonchev–Trinajstić information content (AvgIpc) is 2.98. The van der Waals surface area contributed by atoms with Crippen LogP contribution in [-0.2, 0) is 11.3 Å². The smallest absolute Gasteiger partial charge is 0.0623 e. The minimum absolute atomic E-state index is 0.537. The van der Waals surface area contributed by atoms with Crippen molar-refractivity contribution in [3.8, 4) is 0 Å². The topological polar surface area (TPSA) is 24.5 Å². The molecule has 0 aromatic carbocycles. The van der Waals surface area contributed by atoms with Crippen molar-refractivity contribution in [1.29, 1.82) is 0 Å². The highest BCUT2D eigenvalue weighted by Gasteiger charge is 2.28. The van der Waals surface area contributed by atoms with Gasteiger partial charge in [-0.1, -0.05) is 6.92 Å². The molecule has 1 fully saturated rings. The third-order valence-electron chi connectivity index (χ3n) is 3.43. The molecule has 3 nitrogen and oxygen atoms in total. The van der Waals surface area contributed by atoms with Crippen LogP contribution in [-0.4, -0.2) is 44.3 Å². The Bertz CT molecular complexity index is 329. The van der Waals surface area contributed by atoms with E-state index in [1.165, 1.54) is 12.0 Å². The summed E-state index contributed by atoms with van der Waals surface area (Å²) in [6, 6.07) is 2.74. The van der Waals surface area contributed by atoms with E-state index in [2.05, 4.69) is 41.0 Å². The molecule has 0 amide bonds. The molecule has 1 aliphatic rings. The predicted molar refractivity (Wildman–Crippen MR) is 77.0 cm³/mol. The lowest BCUT2D eigenvalue weighted by atomic mass is 10.0. The Morgan fingerprint density at radius 2 is 2.39 bits per heavy atom. The fourth-order valence-electron chi connectivity index (χ4n) is 2.49. The Kier molecular flexibility index (Phi) is 5.63. The van der Waals surface area contributed by atoms with Crippen LogP contribution in [0.1, 0.15) is 18.9 Å². The number of rotatable bonds is 7. The van der Waals surface area contributed by atoms with Crippen molar-refractivity contribution in [1.82, 2.24) is 10.2 Å². The van der Waals surface area contributed by atoms with E-state index in [1.54, 1.807) is 11.3 Å². The van der Waals surface area contributed by atoms with Gasteiger partial charge in [0.1, 0.15) is 0 Å². The van der Waals surface area contributed by atoms with Crippen molar-refractivity contribution in [3.63, 3.8) is 0 Å². The van der Waals surface area contributed by atoms with Crippen molar-refractivity contribution >= 4 is 11.3 Å². The monoisotopic (exact) mass is 268 g/mol. The van der Waals surface area contributed by atoms with Crippen LogP contribution in [0.5, 0.6) is 0 Å². The van der Waals surface area contributed by atoms with E-state index < -0.39 is 0 Å². The highest BCUT2D eigenvalue weighted by molar-refractivity contribution is 7.07. The highest BCUT2D eigenvalue weighted by Crippen LogP contribution is 2.16. The second-order valence-electron chi connectivity index (χ2n) is 5.19. The van der Waals surface area contributed by atoms with Crippen molar-refractivity contribution in [2.45, 2.75) is 25.9 Å². The molecule has 0 saturated carbocycles. The first-order valence-electron chi connectivity index (χ1n) is 6.80. The summed E-state index contributed by atoms with van der Waals surface area (Å²) >= 11 is 1.77. The van der Waals surface area contributed by atoms with E-state index in [0.717, 1.165) is 32.8 Å². The fourth-order valence-corrected chi connectivity index (χ4v) is 3.15. The summed E-state index contributed by atoms with van der Waals surface area (Å²) in [4.78, 5) is 2.40. The third-order valence-corrected chi connectivity index (χ3v) is 4.17. The lowest BCUT2D eigenvalue weighted by Crippen LogP contribution is -2.40. The molecular formula is C14H24N2OS. The lowest BCUT2D eigenvalue weighted by molar-refractivity contribution is 0.172. The van der Waals surface area contributed by atoms with Gasteiger partial charge >= 0.3 is 0 Å². The molecule has 18 heavy (non-hydrogen) atoms. The normalized spacial score (nSPS) is 23.9. The number of hydrogen-bond donors (Lipinski definition) is 1. The van der Waals surface area contributed by atoms with Crippen molar-refractivity contribution in [3.05, 3.63) is 22.4 Å². The number of nitrogens with one attached hydrogen (secondary N) is 1. The largest absolute Gasteiger partial charge is 0.379 e. The maximum absolute atomic E-state index is 5.62. The summed E-state index contributed by atoms with van der Waals surface area (Å²) in [7, 11) is 2.20. The molecule has 0 spiro atoms. The molecule has 0 radical (unpaired) electrons. The summed E-state index contributed by atoms with van der Waals surface area (Å²) < 4.78 is 5.62. The lowest BCUT2D eigenvalue weighted by Gasteiger charge is -2.24. The van der Waals surface area contributed by atoms with Gasteiger partial charge in [0.15, 0.2) is 0 Å². The predicted octanol–water partition coefficient (Wildman–Crippen LogP) is 2.19. The first kappa shape index (κ1) is 14.0. The first-order valence-corrected chi connectivity index (χ1v) is 7.74. The second-order valence-corrected chi connectivity index (χ2v) is 5.97. The molecule has 0 bridgehead atoms. The summed E-state index contributed by atoms with van der Waals surface area (Å²) in [6.07, 6.45) is 1.19. The van der Waals surface area contributed by atoms with Crippen LogP contribution in [0.3, 0.4) is 0 Å². The van der Waals surface area contributed by atoms with Crippen LogP contribution in [0.2, 0.25) is 0 Å². The number of thiophene rings is 1. The second kappa shape index (κ2) is 7.24. The van der Waals surface area contributed by atoms with Gasteiger partial charge in [0.2, 0.25) is 0 Å². The summed E-state index contributed by atoms with van der Waals surface area (Å²) in [5.74, 6) is 0.625. The molecule has 1 aromatic rings. The minimum atomic E-state index is 0.537. The zero-order valence-corrected chi connectivity index (χ0v) is 12.2. The molecule has 2 heterocycles. The van der Waals surface area contributed by atoms with Gasteiger partial charge in [0.25, 0.3) is 0 Å². The maximum atomic E-state index is 5.62. The van der Waals surface area contributed by atoms with Crippen molar-refractivity contribution < 1.29 is 4.74 Å². The molecule has 102 valence electrons. The van der Waals surface area contributed by atoms with Gasteiger partial charge in [-0.05, 0) is 42.4 Å². The van der Waals surface area contributed by atoms with Gasteiger partial charge in [-0.2, -0.15) is 11.3 Å². The standard InChI is InChI=1S/C14H24N2OS/c1-3-5-15-14-10-17-9-13(14)8-16(2)7-12-4-6-18-11-12/h4,6,11,13-15H,3,5,7-10H2,1-2H3. The first-order chi connectivity index (χ1) is 8.79. The molecular weight excluding hydrogens is 244 g/mol. The molecule has 2 atom stereocenters. The van der Waals surface area contributed by atoms with E-state index in [4.69, 9.17) is 4.74 Å². The molecule has 4 heteroatoms. The maximum Gasteiger partial charge on any atom is 0.0623 e. The number of nitrogens with zero attached hydrogens (tertiary/aromatic N) is 1. The van der Waals surface area contributed by atoms with Gasteiger partial charge in [0, 0.05) is 25.0 Å². The minimum Gasteiger partial charge on any atom is -0.379 e. The number of ether oxygens (including phenoxy) is 1. The van der Waals surface area contributed by atoms with Crippen LogP contribution in [0.15, 0.2) is 16.8 Å². The average molecular weight is 268 g/mol. The SMILES string of the molecule is CCCNC1COCC1CN(C)Cc1ccsc1. The molecule has 1 aromatic heterocycles. The Hall–Kier alpha value is -0.420. The quantitative estimate of drug-likeness (QED) is 0.820. The highest BCUT2D eigenvalue weighted by atomic mass is 32.1. The third kappa shape index (κ3) is 4.05. The van der Waals surface area contributed by atoms with Gasteiger partial charge in [0.05, 0.1) is 13.2 Å². The van der Waals surface area contributed by atoms with Crippen molar-refractivity contribution in [2.24, 2.45) is 5.92 Å². The summed E-state index contributed by atoms with van der Waals surface area (Å²) in [5.41, 5.74) is 1.42. The van der Waals surface area contributed by atoms with Crippen LogP contribution >= 0.6 is 11.3 Å². The fraction of sp³-hybridized carbons (Fsp3) is 0.714. The molecule has 1 aliphatic heterocycles. The zero-order chi connectivity index (χ0) is 12.8. The molecule has 0 aliphatic carbocycles.